The Morgan fingerprint density at radius 1 is 1.26 bits per heavy atom. The molecule has 212 valence electrons. The number of allylic oxidation sites excluding steroid dienone is 4. The number of aromatic nitrogens is 3. The van der Waals surface area contributed by atoms with Gasteiger partial charge in [-0.1, -0.05) is 39.7 Å². The zero-order valence-electron chi connectivity index (χ0n) is 23.6. The molecule has 2 atom stereocenters. The molecule has 9 heteroatoms. The molecule has 0 fully saturated rings. The largest absolute Gasteiger partial charge is 0.481 e. The lowest BCUT2D eigenvalue weighted by Gasteiger charge is -2.19. The van der Waals surface area contributed by atoms with E-state index in [-0.39, 0.29) is 18.3 Å². The van der Waals surface area contributed by atoms with Crippen molar-refractivity contribution >= 4 is 17.4 Å². The summed E-state index contributed by atoms with van der Waals surface area (Å²) >= 11 is 0. The number of carboxylic acids is 1. The summed E-state index contributed by atoms with van der Waals surface area (Å²) in [6, 6.07) is 3.60. The van der Waals surface area contributed by atoms with Gasteiger partial charge in [0.1, 0.15) is 17.2 Å². The molecule has 2 heterocycles. The maximum absolute atomic E-state index is 13.7. The van der Waals surface area contributed by atoms with Gasteiger partial charge >= 0.3 is 12.1 Å². The van der Waals surface area contributed by atoms with Crippen LogP contribution >= 0.6 is 0 Å². The van der Waals surface area contributed by atoms with Crippen LogP contribution < -0.4 is 5.32 Å². The monoisotopic (exact) mass is 544 g/mol. The molecule has 2 N–H and O–H groups in total. The van der Waals surface area contributed by atoms with Crippen LogP contribution in [0.25, 0.3) is 16.8 Å². The Balaban J connectivity index is 2.60. The van der Waals surface area contributed by atoms with Gasteiger partial charge in [-0.15, -0.1) is 6.42 Å². The van der Waals surface area contributed by atoms with Gasteiger partial charge in [-0.05, 0) is 61.8 Å². The third kappa shape index (κ3) is 8.74. The summed E-state index contributed by atoms with van der Waals surface area (Å²) < 4.78 is 43.0. The molecule has 0 aliphatic heterocycles. The second-order valence-corrected chi connectivity index (χ2v) is 10.3. The first-order chi connectivity index (χ1) is 18.3. The molecule has 0 saturated heterocycles. The highest BCUT2D eigenvalue weighted by atomic mass is 19.4. The van der Waals surface area contributed by atoms with Gasteiger partial charge in [0.15, 0.2) is 0 Å². The molecular formula is C30H39F3N4O2. The summed E-state index contributed by atoms with van der Waals surface area (Å²) in [5.41, 5.74) is 1.12. The lowest BCUT2D eigenvalue weighted by Crippen LogP contribution is -2.13. The highest BCUT2D eigenvalue weighted by molar-refractivity contribution is 5.84. The van der Waals surface area contributed by atoms with Crippen molar-refractivity contribution < 1.29 is 23.1 Å². The second kappa shape index (κ2) is 14.0. The van der Waals surface area contributed by atoms with Gasteiger partial charge in [-0.2, -0.15) is 13.2 Å². The summed E-state index contributed by atoms with van der Waals surface area (Å²) in [5, 5.41) is 12.1. The predicted octanol–water partition coefficient (Wildman–Crippen LogP) is 7.55. The van der Waals surface area contributed by atoms with Gasteiger partial charge in [0.25, 0.3) is 0 Å². The van der Waals surface area contributed by atoms with Gasteiger partial charge < -0.3 is 15.0 Å². The number of terminal acetylenes is 1. The summed E-state index contributed by atoms with van der Waals surface area (Å²) in [4.78, 5) is 20.2. The van der Waals surface area contributed by atoms with Gasteiger partial charge in [-0.3, -0.25) is 4.79 Å². The topological polar surface area (TPSA) is 80.0 Å². The molecule has 0 aliphatic rings. The highest BCUT2D eigenvalue weighted by Gasteiger charge is 2.33. The maximum atomic E-state index is 13.7. The van der Waals surface area contributed by atoms with E-state index in [0.29, 0.717) is 35.2 Å². The molecule has 0 amide bonds. The van der Waals surface area contributed by atoms with Gasteiger partial charge in [-0.25, -0.2) is 9.97 Å². The van der Waals surface area contributed by atoms with Crippen molar-refractivity contribution in [3.63, 3.8) is 0 Å². The first-order valence-corrected chi connectivity index (χ1v) is 13.2. The Morgan fingerprint density at radius 3 is 2.49 bits per heavy atom. The Hall–Kier alpha value is -3.54. The fourth-order valence-corrected chi connectivity index (χ4v) is 4.78. The Kier molecular flexibility index (Phi) is 11.4. The predicted molar refractivity (Wildman–Crippen MR) is 150 cm³/mol. The molecule has 0 saturated carbocycles. The average Bonchev–Trinajstić information content (AvgIpc) is 3.23. The molecule has 2 aromatic heterocycles. The third-order valence-corrected chi connectivity index (χ3v) is 6.55. The number of nitrogens with zero attached hydrogens (tertiary/aromatic N) is 3. The van der Waals surface area contributed by atoms with E-state index in [0.717, 1.165) is 36.7 Å². The standard InChI is InChI=1S/C30H39F3N4O2/c1-8-22(17-24(9-2)30(31,32)33)28-27(23-12-13-35-25(18-23)34-7)36-29(19(3)4)37(28)14-10-11-20(5)15-21(6)16-26(38)39/h2,8,12-13,17-21H,10-11,14-16H2,1,3-7H3,(H,34,35)(H,38,39)/b22-8+,24-17+. The number of alkyl halides is 3. The molecular weight excluding hydrogens is 505 g/mol. The minimum atomic E-state index is -4.66. The van der Waals surface area contributed by atoms with Crippen molar-refractivity contribution in [1.82, 2.24) is 14.5 Å². The number of carboxylic acid groups (broad SMARTS) is 1. The first-order valence-electron chi connectivity index (χ1n) is 13.2. The smallest absolute Gasteiger partial charge is 0.424 e. The van der Waals surface area contributed by atoms with E-state index in [2.05, 4.69) is 17.2 Å². The van der Waals surface area contributed by atoms with Crippen LogP contribution in [0.4, 0.5) is 19.0 Å². The zero-order valence-corrected chi connectivity index (χ0v) is 23.6. The lowest BCUT2D eigenvalue weighted by molar-refractivity contribution is -0.138. The van der Waals surface area contributed by atoms with Crippen LogP contribution in [0.2, 0.25) is 0 Å². The minimum absolute atomic E-state index is 0.00734. The molecule has 6 nitrogen and oxygen atoms in total. The Labute approximate surface area is 229 Å². The zero-order chi connectivity index (χ0) is 29.3. The van der Waals surface area contributed by atoms with Crippen LogP contribution in [-0.4, -0.2) is 38.8 Å². The number of anilines is 1. The van der Waals surface area contributed by atoms with Crippen molar-refractivity contribution in [2.24, 2.45) is 11.8 Å². The van der Waals surface area contributed by atoms with Crippen molar-refractivity contribution in [2.45, 2.75) is 78.9 Å². The van der Waals surface area contributed by atoms with Crippen LogP contribution in [0, 0.1) is 24.2 Å². The van der Waals surface area contributed by atoms with Gasteiger partial charge in [0.05, 0.1) is 11.4 Å². The van der Waals surface area contributed by atoms with E-state index in [9.17, 15) is 18.0 Å². The van der Waals surface area contributed by atoms with E-state index in [1.807, 2.05) is 31.4 Å². The molecule has 39 heavy (non-hydrogen) atoms. The van der Waals surface area contributed by atoms with Crippen molar-refractivity contribution in [1.29, 1.82) is 0 Å². The van der Waals surface area contributed by atoms with E-state index >= 15 is 0 Å². The molecule has 0 bridgehead atoms. The SMILES string of the molecule is C#C/C(=C\C(=C/C)c1c(-c2ccnc(NC)c2)nc(C(C)C)n1CCCC(C)CC(C)CC(=O)O)C(F)(F)F. The molecule has 0 aromatic carbocycles. The number of hydrogen-bond acceptors (Lipinski definition) is 4. The fraction of sp³-hybridized carbons (Fsp3) is 0.500. The van der Waals surface area contributed by atoms with Crippen LogP contribution in [0.5, 0.6) is 0 Å². The minimum Gasteiger partial charge on any atom is -0.481 e. The van der Waals surface area contributed by atoms with Crippen LogP contribution in [0.1, 0.15) is 77.7 Å². The number of pyridine rings is 1. The fourth-order valence-electron chi connectivity index (χ4n) is 4.78. The Morgan fingerprint density at radius 2 is 1.95 bits per heavy atom. The average molecular weight is 545 g/mol. The molecule has 0 spiro atoms. The highest BCUT2D eigenvalue weighted by Crippen LogP contribution is 2.36. The third-order valence-electron chi connectivity index (χ3n) is 6.55. The molecule has 0 radical (unpaired) electrons. The number of hydrogen-bond donors (Lipinski definition) is 2. The number of rotatable bonds is 13. The number of carbonyl (C=O) groups is 1. The molecule has 2 unspecified atom stereocenters. The van der Waals surface area contributed by atoms with Crippen molar-refractivity contribution in [3.8, 4) is 23.6 Å². The normalized spacial score (nSPS) is 14.3. The quantitative estimate of drug-likeness (QED) is 0.201. The second-order valence-electron chi connectivity index (χ2n) is 10.3. The molecule has 0 aliphatic carbocycles. The van der Waals surface area contributed by atoms with Crippen molar-refractivity contribution in [3.05, 3.63) is 47.6 Å². The van der Waals surface area contributed by atoms with Crippen LogP contribution in [0.3, 0.4) is 0 Å². The van der Waals surface area contributed by atoms with Crippen LogP contribution in [-0.2, 0) is 11.3 Å². The molecule has 2 rings (SSSR count). The van der Waals surface area contributed by atoms with Gasteiger partial charge in [0.2, 0.25) is 0 Å². The van der Waals surface area contributed by atoms with E-state index < -0.39 is 17.7 Å². The van der Waals surface area contributed by atoms with Crippen LogP contribution in [0.15, 0.2) is 36.1 Å². The number of imidazole rings is 1. The Bertz CT molecular complexity index is 1240. The summed E-state index contributed by atoms with van der Waals surface area (Å²) in [5.74, 6) is 2.74. The maximum Gasteiger partial charge on any atom is 0.424 e. The van der Waals surface area contributed by atoms with Gasteiger partial charge in [0, 0.05) is 37.7 Å². The number of halogens is 3. The van der Waals surface area contributed by atoms with E-state index in [1.54, 1.807) is 38.2 Å². The van der Waals surface area contributed by atoms with Crippen molar-refractivity contribution in [2.75, 3.05) is 12.4 Å². The lowest BCUT2D eigenvalue weighted by atomic mass is 9.91. The summed E-state index contributed by atoms with van der Waals surface area (Å²) in [6.45, 7) is 10.3. The first kappa shape index (κ1) is 31.7. The molecule has 2 aromatic rings. The summed E-state index contributed by atoms with van der Waals surface area (Å²) in [6.07, 6.45) is 7.38. The summed E-state index contributed by atoms with van der Waals surface area (Å²) in [7, 11) is 1.74. The van der Waals surface area contributed by atoms with E-state index in [1.165, 1.54) is 0 Å². The number of aliphatic carboxylic acids is 1. The number of nitrogens with one attached hydrogen (secondary N) is 1. The van der Waals surface area contributed by atoms with E-state index in [4.69, 9.17) is 16.5 Å².